The Balaban J connectivity index is 2.76. The second-order valence-electron chi connectivity index (χ2n) is 4.97. The number of methoxy groups -OCH3 is 1. The van der Waals surface area contributed by atoms with Crippen molar-refractivity contribution < 1.29 is 27.5 Å². The summed E-state index contributed by atoms with van der Waals surface area (Å²) in [5, 5.41) is 0. The van der Waals surface area contributed by atoms with Crippen LogP contribution >= 0.6 is 0 Å². The number of carbonyl (C=O) groups excluding carboxylic acids is 2. The van der Waals surface area contributed by atoms with Crippen LogP contribution in [0.3, 0.4) is 0 Å². The van der Waals surface area contributed by atoms with Crippen molar-refractivity contribution in [1.29, 1.82) is 0 Å². The molecule has 0 saturated heterocycles. The molecule has 7 heteroatoms. The van der Waals surface area contributed by atoms with E-state index in [2.05, 4.69) is 4.74 Å². The second-order valence-corrected chi connectivity index (χ2v) is 4.97. The van der Waals surface area contributed by atoms with Crippen molar-refractivity contribution in [3.63, 3.8) is 0 Å². The fourth-order valence-corrected chi connectivity index (χ4v) is 2.50. The molecule has 0 radical (unpaired) electrons. The lowest BCUT2D eigenvalue weighted by Crippen LogP contribution is -2.47. The average molecular weight is 295 g/mol. The molecule has 0 aromatic rings. The Labute approximate surface area is 116 Å². The third-order valence-corrected chi connectivity index (χ3v) is 3.55. The number of halogens is 3. The number of esters is 1. The fourth-order valence-electron chi connectivity index (χ4n) is 2.50. The maximum absolute atomic E-state index is 12.7. The highest BCUT2D eigenvalue weighted by molar-refractivity contribution is 5.82. The molecule has 0 spiro atoms. The van der Waals surface area contributed by atoms with Gasteiger partial charge in [0.15, 0.2) is 0 Å². The molecular weight excluding hydrogens is 275 g/mol. The van der Waals surface area contributed by atoms with E-state index in [0.717, 1.165) is 30.6 Å². The van der Waals surface area contributed by atoms with Gasteiger partial charge in [0.05, 0.1) is 13.5 Å². The summed E-state index contributed by atoms with van der Waals surface area (Å²) in [7, 11) is 1.17. The zero-order valence-electron chi connectivity index (χ0n) is 11.5. The molecule has 116 valence electrons. The quantitative estimate of drug-likeness (QED) is 0.592. The summed E-state index contributed by atoms with van der Waals surface area (Å²) in [6, 6.07) is -0.434. The van der Waals surface area contributed by atoms with Crippen LogP contribution in [-0.2, 0) is 14.3 Å². The van der Waals surface area contributed by atoms with Gasteiger partial charge in [-0.3, -0.25) is 9.59 Å². The van der Waals surface area contributed by atoms with Crippen LogP contribution in [0.1, 0.15) is 44.9 Å². The molecule has 0 N–H and O–H groups in total. The van der Waals surface area contributed by atoms with Crippen LogP contribution in [0, 0.1) is 0 Å². The molecule has 0 aromatic heterocycles. The van der Waals surface area contributed by atoms with Crippen LogP contribution in [0.15, 0.2) is 0 Å². The van der Waals surface area contributed by atoms with Gasteiger partial charge in [-0.1, -0.05) is 25.7 Å². The maximum Gasteiger partial charge on any atom is 0.471 e. The smallest absolute Gasteiger partial charge is 0.469 e. The molecule has 0 aliphatic heterocycles. The number of carbonyl (C=O) groups is 2. The Kier molecular flexibility index (Phi) is 6.29. The van der Waals surface area contributed by atoms with Gasteiger partial charge in [-0.05, 0) is 12.8 Å². The van der Waals surface area contributed by atoms with E-state index in [9.17, 15) is 22.8 Å². The van der Waals surface area contributed by atoms with Gasteiger partial charge in [-0.2, -0.15) is 13.2 Å². The third kappa shape index (κ3) is 5.02. The highest BCUT2D eigenvalue weighted by atomic mass is 19.4. The van der Waals surface area contributed by atoms with Gasteiger partial charge < -0.3 is 9.64 Å². The largest absolute Gasteiger partial charge is 0.471 e. The first kappa shape index (κ1) is 16.8. The Morgan fingerprint density at radius 3 is 2.15 bits per heavy atom. The molecule has 20 heavy (non-hydrogen) atoms. The number of nitrogens with zero attached hydrogens (tertiary/aromatic N) is 1. The van der Waals surface area contributed by atoms with E-state index in [4.69, 9.17) is 0 Å². The molecule has 1 fully saturated rings. The molecule has 0 aromatic carbocycles. The minimum absolute atomic E-state index is 0.213. The van der Waals surface area contributed by atoms with Gasteiger partial charge in [-0.25, -0.2) is 0 Å². The van der Waals surface area contributed by atoms with E-state index < -0.39 is 24.1 Å². The fraction of sp³-hybridized carbons (Fsp3) is 0.846. The van der Waals surface area contributed by atoms with Gasteiger partial charge in [-0.15, -0.1) is 0 Å². The van der Waals surface area contributed by atoms with Crippen LogP contribution in [0.4, 0.5) is 13.2 Å². The minimum Gasteiger partial charge on any atom is -0.469 e. The molecule has 1 amide bonds. The number of hydrogen-bond acceptors (Lipinski definition) is 3. The molecule has 1 rings (SSSR count). The summed E-state index contributed by atoms with van der Waals surface area (Å²) in [5.41, 5.74) is 0. The summed E-state index contributed by atoms with van der Waals surface area (Å²) in [6.45, 7) is -0.240. The van der Waals surface area contributed by atoms with Crippen molar-refractivity contribution in [3.05, 3.63) is 0 Å². The Hall–Kier alpha value is -1.27. The minimum atomic E-state index is -4.90. The van der Waals surface area contributed by atoms with Crippen LogP contribution in [0.5, 0.6) is 0 Å². The summed E-state index contributed by atoms with van der Waals surface area (Å²) in [6.07, 6.45) is -0.429. The highest BCUT2D eigenvalue weighted by Crippen LogP contribution is 2.27. The highest BCUT2D eigenvalue weighted by Gasteiger charge is 2.44. The van der Waals surface area contributed by atoms with Crippen LogP contribution < -0.4 is 0 Å². The molecule has 0 unspecified atom stereocenters. The topological polar surface area (TPSA) is 46.6 Å². The van der Waals surface area contributed by atoms with Gasteiger partial charge in [0.2, 0.25) is 0 Å². The molecule has 0 atom stereocenters. The maximum atomic E-state index is 12.7. The lowest BCUT2D eigenvalue weighted by Gasteiger charge is -2.31. The molecule has 1 aliphatic rings. The number of alkyl halides is 3. The molecule has 1 saturated carbocycles. The van der Waals surface area contributed by atoms with Crippen molar-refractivity contribution in [1.82, 2.24) is 4.90 Å². The standard InChI is InChI=1S/C13H20F3NO3/c1-20-11(18)8-9-17(12(19)13(14,15)16)10-6-4-2-3-5-7-10/h10H,2-9H2,1H3. The van der Waals surface area contributed by atoms with Gasteiger partial charge in [0.25, 0.3) is 0 Å². The van der Waals surface area contributed by atoms with Crippen LogP contribution in [0.2, 0.25) is 0 Å². The normalized spacial score (nSPS) is 17.4. The number of hydrogen-bond donors (Lipinski definition) is 0. The van der Waals surface area contributed by atoms with E-state index >= 15 is 0 Å². The van der Waals surface area contributed by atoms with Crippen molar-refractivity contribution in [2.45, 2.75) is 57.2 Å². The first-order valence-electron chi connectivity index (χ1n) is 6.81. The first-order chi connectivity index (χ1) is 9.36. The predicted molar refractivity (Wildman–Crippen MR) is 65.9 cm³/mol. The van der Waals surface area contributed by atoms with Gasteiger partial charge >= 0.3 is 18.1 Å². The Bertz CT molecular complexity index is 336. The molecule has 0 bridgehead atoms. The Morgan fingerprint density at radius 1 is 1.15 bits per heavy atom. The van der Waals surface area contributed by atoms with E-state index in [0.29, 0.717) is 12.8 Å². The van der Waals surface area contributed by atoms with Crippen molar-refractivity contribution in [2.24, 2.45) is 0 Å². The number of amides is 1. The lowest BCUT2D eigenvalue weighted by atomic mass is 10.1. The summed E-state index contributed by atoms with van der Waals surface area (Å²) >= 11 is 0. The Morgan fingerprint density at radius 2 is 1.70 bits per heavy atom. The zero-order valence-corrected chi connectivity index (χ0v) is 11.5. The monoisotopic (exact) mass is 295 g/mol. The lowest BCUT2D eigenvalue weighted by molar-refractivity contribution is -0.188. The van der Waals surface area contributed by atoms with Crippen molar-refractivity contribution in [3.8, 4) is 0 Å². The third-order valence-electron chi connectivity index (χ3n) is 3.55. The number of rotatable bonds is 4. The zero-order chi connectivity index (χ0) is 15.2. The van der Waals surface area contributed by atoms with Crippen LogP contribution in [0.25, 0.3) is 0 Å². The SMILES string of the molecule is COC(=O)CCN(C(=O)C(F)(F)F)C1CCCCCC1. The molecule has 0 heterocycles. The van der Waals surface area contributed by atoms with E-state index in [-0.39, 0.29) is 13.0 Å². The molecule has 1 aliphatic carbocycles. The van der Waals surface area contributed by atoms with E-state index in [1.165, 1.54) is 7.11 Å². The van der Waals surface area contributed by atoms with Gasteiger partial charge in [0.1, 0.15) is 0 Å². The van der Waals surface area contributed by atoms with Crippen molar-refractivity contribution in [2.75, 3.05) is 13.7 Å². The molecule has 4 nitrogen and oxygen atoms in total. The summed E-state index contributed by atoms with van der Waals surface area (Å²) in [4.78, 5) is 23.4. The van der Waals surface area contributed by atoms with E-state index in [1.54, 1.807) is 0 Å². The summed E-state index contributed by atoms with van der Waals surface area (Å²) < 4.78 is 42.4. The average Bonchev–Trinajstić information content (AvgIpc) is 2.66. The van der Waals surface area contributed by atoms with E-state index in [1.807, 2.05) is 0 Å². The van der Waals surface area contributed by atoms with Gasteiger partial charge in [0, 0.05) is 12.6 Å². The second kappa shape index (κ2) is 7.50. The van der Waals surface area contributed by atoms with Crippen LogP contribution in [-0.4, -0.2) is 42.6 Å². The van der Waals surface area contributed by atoms with Crippen molar-refractivity contribution >= 4 is 11.9 Å². The predicted octanol–water partition coefficient (Wildman–Crippen LogP) is 2.66. The first-order valence-corrected chi connectivity index (χ1v) is 6.81. The number of ether oxygens (including phenoxy) is 1. The summed E-state index contributed by atoms with van der Waals surface area (Å²) in [5.74, 6) is -2.47. The molecular formula is C13H20F3NO3.